The second kappa shape index (κ2) is 7.40. The lowest BCUT2D eigenvalue weighted by molar-refractivity contribution is -0.143. The van der Waals surface area contributed by atoms with E-state index < -0.39 is 41.3 Å². The van der Waals surface area contributed by atoms with E-state index in [1.807, 2.05) is 38.1 Å². The number of carbonyl (C=O) groups excluding carboxylic acids is 3. The van der Waals surface area contributed by atoms with Crippen LogP contribution in [-0.4, -0.2) is 47.0 Å². The monoisotopic (exact) mass is 449 g/mol. The molecule has 2 fully saturated rings. The summed E-state index contributed by atoms with van der Waals surface area (Å²) in [6.07, 6.45) is -0.942. The van der Waals surface area contributed by atoms with Gasteiger partial charge in [0.05, 0.1) is 31.6 Å². The van der Waals surface area contributed by atoms with Crippen LogP contribution in [0.5, 0.6) is 5.75 Å². The normalized spacial score (nSPS) is 28.8. The van der Waals surface area contributed by atoms with Gasteiger partial charge in [-0.05, 0) is 32.4 Å². The molecule has 3 aliphatic rings. The topological polar surface area (TPSA) is 108 Å². The molecule has 3 aliphatic heterocycles. The number of amides is 3. The molecule has 0 bridgehead atoms. The van der Waals surface area contributed by atoms with E-state index in [0.29, 0.717) is 22.6 Å². The summed E-state index contributed by atoms with van der Waals surface area (Å²) in [4.78, 5) is 42.1. The molecule has 3 unspecified atom stereocenters. The van der Waals surface area contributed by atoms with Crippen molar-refractivity contribution in [3.05, 3.63) is 58.7 Å². The molecule has 0 saturated carbocycles. The highest BCUT2D eigenvalue weighted by Gasteiger charge is 2.71. The minimum absolute atomic E-state index is 0.0403. The number of aliphatic hydroxyl groups is 1. The summed E-state index contributed by atoms with van der Waals surface area (Å²) in [5.74, 6) is -2.42. The first-order chi connectivity index (χ1) is 15.7. The molecular weight excluding hydrogens is 422 g/mol. The lowest BCUT2D eigenvalue weighted by Gasteiger charge is -2.30. The van der Waals surface area contributed by atoms with E-state index >= 15 is 0 Å². The summed E-state index contributed by atoms with van der Waals surface area (Å²) in [6.45, 7) is 5.44. The maximum atomic E-state index is 13.8. The number of nitrogens with zero attached hydrogens (tertiary/aromatic N) is 1. The van der Waals surface area contributed by atoms with Gasteiger partial charge in [-0.2, -0.15) is 0 Å². The van der Waals surface area contributed by atoms with Crippen molar-refractivity contribution in [2.45, 2.75) is 45.0 Å². The zero-order chi connectivity index (χ0) is 23.7. The number of aliphatic hydroxyl groups excluding tert-OH is 1. The van der Waals surface area contributed by atoms with Gasteiger partial charge in [-0.15, -0.1) is 0 Å². The summed E-state index contributed by atoms with van der Waals surface area (Å²) < 4.78 is 5.40. The number of nitrogens with one attached hydrogen (secondary N) is 2. The highest BCUT2D eigenvalue weighted by molar-refractivity contribution is 6.15. The van der Waals surface area contributed by atoms with Crippen molar-refractivity contribution < 1.29 is 24.2 Å². The summed E-state index contributed by atoms with van der Waals surface area (Å²) in [5, 5.41) is 16.7. The first-order valence-electron chi connectivity index (χ1n) is 11.1. The lowest BCUT2D eigenvalue weighted by atomic mass is 9.75. The first-order valence-corrected chi connectivity index (χ1v) is 11.1. The van der Waals surface area contributed by atoms with Gasteiger partial charge in [-0.3, -0.25) is 24.6 Å². The smallest absolute Gasteiger partial charge is 0.250 e. The maximum absolute atomic E-state index is 13.8. The summed E-state index contributed by atoms with van der Waals surface area (Å²) in [5.41, 5.74) is 2.43. The van der Waals surface area contributed by atoms with Crippen LogP contribution in [-0.2, 0) is 26.5 Å². The van der Waals surface area contributed by atoms with Crippen molar-refractivity contribution in [1.29, 1.82) is 0 Å². The van der Waals surface area contributed by atoms with Gasteiger partial charge in [0.1, 0.15) is 11.3 Å². The molecule has 2 aromatic carbocycles. The molecule has 5 atom stereocenters. The Kier molecular flexibility index (Phi) is 4.84. The number of imide groups is 1. The Balaban J connectivity index is 1.63. The fraction of sp³-hybridized carbons (Fsp3) is 0.400. The van der Waals surface area contributed by atoms with Crippen molar-refractivity contribution in [2.75, 3.05) is 12.4 Å². The quantitative estimate of drug-likeness (QED) is 0.612. The minimum Gasteiger partial charge on any atom is -0.496 e. The molecule has 3 amide bonds. The van der Waals surface area contributed by atoms with Crippen LogP contribution >= 0.6 is 0 Å². The second-order valence-corrected chi connectivity index (χ2v) is 9.26. The molecule has 3 N–H and O–H groups in total. The van der Waals surface area contributed by atoms with Crippen molar-refractivity contribution in [2.24, 2.45) is 11.8 Å². The summed E-state index contributed by atoms with van der Waals surface area (Å²) >= 11 is 0. The molecular formula is C25H27N3O5. The Morgan fingerprint density at radius 1 is 1.15 bits per heavy atom. The van der Waals surface area contributed by atoms with Crippen LogP contribution in [0.15, 0.2) is 36.4 Å². The largest absolute Gasteiger partial charge is 0.496 e. The number of hydrogen-bond acceptors (Lipinski definition) is 6. The summed E-state index contributed by atoms with van der Waals surface area (Å²) in [7, 11) is 1.54. The maximum Gasteiger partial charge on any atom is 0.250 e. The number of rotatable bonds is 4. The van der Waals surface area contributed by atoms with Crippen LogP contribution < -0.4 is 15.4 Å². The van der Waals surface area contributed by atoms with Gasteiger partial charge in [0.15, 0.2) is 0 Å². The van der Waals surface area contributed by atoms with Crippen LogP contribution in [0.4, 0.5) is 5.69 Å². The van der Waals surface area contributed by atoms with Gasteiger partial charge in [-0.25, -0.2) is 0 Å². The van der Waals surface area contributed by atoms with Gasteiger partial charge in [-0.1, -0.05) is 35.9 Å². The highest BCUT2D eigenvalue weighted by Crippen LogP contribution is 2.54. The molecule has 172 valence electrons. The number of benzene rings is 2. The third-order valence-electron chi connectivity index (χ3n) is 7.23. The number of hydrogen-bond donors (Lipinski definition) is 3. The number of fused-ring (bicyclic) bond motifs is 4. The fourth-order valence-corrected chi connectivity index (χ4v) is 5.82. The predicted octanol–water partition coefficient (Wildman–Crippen LogP) is 1.61. The number of carbonyl (C=O) groups is 3. The predicted molar refractivity (Wildman–Crippen MR) is 120 cm³/mol. The van der Waals surface area contributed by atoms with E-state index in [-0.39, 0.29) is 12.5 Å². The molecule has 0 aromatic heterocycles. The van der Waals surface area contributed by atoms with Crippen LogP contribution in [0, 0.1) is 25.7 Å². The van der Waals surface area contributed by atoms with E-state index in [4.69, 9.17) is 4.74 Å². The zero-order valence-electron chi connectivity index (χ0n) is 19.0. The van der Waals surface area contributed by atoms with Crippen LogP contribution in [0.2, 0.25) is 0 Å². The molecule has 5 rings (SSSR count). The molecule has 8 nitrogen and oxygen atoms in total. The molecule has 2 aromatic rings. The molecule has 8 heteroatoms. The molecule has 0 radical (unpaired) electrons. The second-order valence-electron chi connectivity index (χ2n) is 9.26. The Morgan fingerprint density at radius 3 is 2.58 bits per heavy atom. The number of methoxy groups -OCH3 is 1. The van der Waals surface area contributed by atoms with E-state index in [1.54, 1.807) is 19.1 Å². The Hall–Kier alpha value is -3.23. The van der Waals surface area contributed by atoms with Crippen molar-refractivity contribution >= 4 is 23.4 Å². The minimum atomic E-state index is -1.42. The Labute approximate surface area is 191 Å². The van der Waals surface area contributed by atoms with Gasteiger partial charge in [0, 0.05) is 22.9 Å². The zero-order valence-corrected chi connectivity index (χ0v) is 19.0. The Morgan fingerprint density at radius 2 is 1.88 bits per heavy atom. The molecule has 33 heavy (non-hydrogen) atoms. The van der Waals surface area contributed by atoms with Gasteiger partial charge in [0.25, 0.3) is 0 Å². The third kappa shape index (κ3) is 2.87. The third-order valence-corrected chi connectivity index (χ3v) is 7.23. The van der Waals surface area contributed by atoms with E-state index in [2.05, 4.69) is 10.6 Å². The fourth-order valence-electron chi connectivity index (χ4n) is 5.82. The van der Waals surface area contributed by atoms with Gasteiger partial charge >= 0.3 is 0 Å². The average Bonchev–Trinajstić information content (AvgIpc) is 3.36. The number of anilines is 1. The van der Waals surface area contributed by atoms with Crippen LogP contribution in [0.1, 0.15) is 29.2 Å². The van der Waals surface area contributed by atoms with Crippen molar-refractivity contribution in [3.63, 3.8) is 0 Å². The first kappa shape index (κ1) is 21.6. The molecule has 2 saturated heterocycles. The van der Waals surface area contributed by atoms with E-state index in [1.165, 1.54) is 12.0 Å². The number of aryl methyl sites for hydroxylation is 2. The van der Waals surface area contributed by atoms with Crippen molar-refractivity contribution in [3.8, 4) is 5.75 Å². The van der Waals surface area contributed by atoms with Crippen LogP contribution in [0.25, 0.3) is 0 Å². The van der Waals surface area contributed by atoms with Crippen LogP contribution in [0.3, 0.4) is 0 Å². The average molecular weight is 450 g/mol. The number of para-hydroxylation sites is 1. The van der Waals surface area contributed by atoms with Gasteiger partial charge in [0.2, 0.25) is 17.7 Å². The highest BCUT2D eigenvalue weighted by atomic mass is 16.5. The Bertz CT molecular complexity index is 1190. The van der Waals surface area contributed by atoms with Gasteiger partial charge < -0.3 is 15.2 Å². The molecule has 0 aliphatic carbocycles. The van der Waals surface area contributed by atoms with Crippen molar-refractivity contribution in [1.82, 2.24) is 10.2 Å². The number of likely N-dealkylation sites (tertiary alicyclic amines) is 1. The van der Waals surface area contributed by atoms with E-state index in [0.717, 1.165) is 11.1 Å². The number of ether oxygens (including phenoxy) is 1. The molecule has 3 heterocycles. The summed E-state index contributed by atoms with van der Waals surface area (Å²) in [6, 6.07) is 10.3. The lowest BCUT2D eigenvalue weighted by Crippen LogP contribution is -2.54. The van der Waals surface area contributed by atoms with E-state index in [9.17, 15) is 19.5 Å². The molecule has 1 spiro atoms. The standard InChI is InChI=1S/C25H27N3O5/c1-12-9-13(2)20-16(10-12)25(24(32)26-20)19-18(21(27-25)14(3)29)22(30)28(23(19)31)11-15-7-5-6-8-17(15)33-4/h5-10,14,18-19,21,27,29H,11H2,1-4H3,(H,26,32)/t14?,18-,19-,21?,25?/m0/s1. The SMILES string of the molecule is COc1ccccc1CN1C(=O)[C@@H]2C(C(C)O)NC3(C(=O)Nc4c(C)cc(C)cc43)[C@@H]2C1=O.